The Morgan fingerprint density at radius 3 is 2.65 bits per heavy atom. The number of nitrogens with zero attached hydrogens (tertiary/aromatic N) is 3. The van der Waals surface area contributed by atoms with Crippen LogP contribution in [0.5, 0.6) is 11.5 Å². The van der Waals surface area contributed by atoms with Crippen LogP contribution in [0.4, 0.5) is 5.69 Å². The molecule has 170 valence electrons. The lowest BCUT2D eigenvalue weighted by atomic mass is 10.2. The molecule has 0 atom stereocenters. The first kappa shape index (κ1) is 22.1. The number of nitro groups is 1. The van der Waals surface area contributed by atoms with Gasteiger partial charge in [-0.2, -0.15) is 0 Å². The van der Waals surface area contributed by atoms with Crippen LogP contribution in [-0.2, 0) is 6.61 Å². The van der Waals surface area contributed by atoms with Gasteiger partial charge in [0.15, 0.2) is 16.5 Å². The van der Waals surface area contributed by atoms with E-state index >= 15 is 0 Å². The minimum atomic E-state index is -0.444. The maximum atomic E-state index is 13.1. The smallest absolute Gasteiger partial charge is 0.274 e. The lowest BCUT2D eigenvalue weighted by molar-refractivity contribution is -0.384. The summed E-state index contributed by atoms with van der Waals surface area (Å²) in [6.45, 7) is 0.212. The van der Waals surface area contributed by atoms with Crippen molar-refractivity contribution in [3.63, 3.8) is 0 Å². The molecule has 34 heavy (non-hydrogen) atoms. The van der Waals surface area contributed by atoms with E-state index in [0.29, 0.717) is 21.0 Å². The Morgan fingerprint density at radius 2 is 1.91 bits per heavy atom. The topological polar surface area (TPSA) is 96.0 Å². The summed E-state index contributed by atoms with van der Waals surface area (Å²) in [4.78, 5) is 28.6. The number of non-ortho nitro benzene ring substituents is 1. The molecule has 0 N–H and O–H groups in total. The Hall–Kier alpha value is -3.76. The van der Waals surface area contributed by atoms with Crippen molar-refractivity contribution in [3.8, 4) is 11.5 Å². The van der Waals surface area contributed by atoms with E-state index in [1.54, 1.807) is 34.7 Å². The van der Waals surface area contributed by atoms with Crippen molar-refractivity contribution in [1.82, 2.24) is 9.38 Å². The Kier molecular flexibility index (Phi) is 5.76. The van der Waals surface area contributed by atoms with Crippen LogP contribution < -0.4 is 19.6 Å². The van der Waals surface area contributed by atoms with E-state index in [1.807, 2.05) is 24.3 Å². The number of nitro benzene ring substituents is 1. The van der Waals surface area contributed by atoms with Gasteiger partial charge in [0.2, 0.25) is 0 Å². The molecule has 0 amide bonds. The Labute approximate surface area is 205 Å². The number of thiazole rings is 1. The fourth-order valence-corrected chi connectivity index (χ4v) is 4.98. The first-order valence-electron chi connectivity index (χ1n) is 10.1. The van der Waals surface area contributed by atoms with E-state index in [-0.39, 0.29) is 17.9 Å². The number of methoxy groups -OCH3 is 1. The van der Waals surface area contributed by atoms with Gasteiger partial charge in [-0.25, -0.2) is 9.38 Å². The summed E-state index contributed by atoms with van der Waals surface area (Å²) in [5.74, 6) is 0.995. The van der Waals surface area contributed by atoms with Crippen LogP contribution in [0.3, 0.4) is 0 Å². The van der Waals surface area contributed by atoms with Crippen LogP contribution in [0.25, 0.3) is 22.1 Å². The second kappa shape index (κ2) is 8.88. The van der Waals surface area contributed by atoms with Crippen molar-refractivity contribution in [3.05, 3.63) is 101 Å². The molecular weight excluding hydrogens is 522 g/mol. The van der Waals surface area contributed by atoms with E-state index in [2.05, 4.69) is 20.9 Å². The van der Waals surface area contributed by atoms with Crippen LogP contribution in [0.1, 0.15) is 11.1 Å². The molecule has 0 saturated carbocycles. The van der Waals surface area contributed by atoms with Crippen LogP contribution in [0.2, 0.25) is 0 Å². The van der Waals surface area contributed by atoms with Gasteiger partial charge < -0.3 is 9.47 Å². The zero-order valence-corrected chi connectivity index (χ0v) is 20.1. The number of imidazole rings is 1. The summed E-state index contributed by atoms with van der Waals surface area (Å²) in [5, 5.41) is 10.8. The van der Waals surface area contributed by atoms with Gasteiger partial charge in [-0.3, -0.25) is 14.9 Å². The number of rotatable bonds is 6. The molecular formula is C24H16BrN3O5S. The molecule has 5 aromatic rings. The van der Waals surface area contributed by atoms with Crippen molar-refractivity contribution in [2.24, 2.45) is 0 Å². The maximum Gasteiger partial charge on any atom is 0.274 e. The summed E-state index contributed by atoms with van der Waals surface area (Å²) < 4.78 is 14.3. The van der Waals surface area contributed by atoms with E-state index in [0.717, 1.165) is 26.6 Å². The van der Waals surface area contributed by atoms with Crippen molar-refractivity contribution in [1.29, 1.82) is 0 Å². The van der Waals surface area contributed by atoms with Crippen molar-refractivity contribution < 1.29 is 14.4 Å². The molecule has 0 radical (unpaired) electrons. The van der Waals surface area contributed by atoms with Gasteiger partial charge in [-0.1, -0.05) is 39.4 Å². The number of fused-ring (bicyclic) bond motifs is 3. The lowest BCUT2D eigenvalue weighted by Gasteiger charge is -2.13. The summed E-state index contributed by atoms with van der Waals surface area (Å²) in [6.07, 6.45) is 1.79. The fraction of sp³-hybridized carbons (Fsp3) is 0.0833. The second-order valence-electron chi connectivity index (χ2n) is 7.37. The third-order valence-corrected chi connectivity index (χ3v) is 6.91. The highest BCUT2D eigenvalue weighted by Gasteiger charge is 2.13. The molecule has 0 aliphatic heterocycles. The van der Waals surface area contributed by atoms with Crippen molar-refractivity contribution in [2.45, 2.75) is 6.61 Å². The predicted molar refractivity (Wildman–Crippen MR) is 134 cm³/mol. The van der Waals surface area contributed by atoms with Gasteiger partial charge in [0.05, 0.1) is 27.6 Å². The molecule has 5 rings (SSSR count). The van der Waals surface area contributed by atoms with Gasteiger partial charge in [-0.05, 0) is 53.6 Å². The highest BCUT2D eigenvalue weighted by Crippen LogP contribution is 2.34. The molecule has 2 aromatic heterocycles. The summed E-state index contributed by atoms with van der Waals surface area (Å²) in [6, 6.07) is 17.3. The maximum absolute atomic E-state index is 13.1. The predicted octanol–water partition coefficient (Wildman–Crippen LogP) is 4.72. The first-order chi connectivity index (χ1) is 16.4. The summed E-state index contributed by atoms with van der Waals surface area (Å²) in [7, 11) is 1.54. The molecule has 10 heteroatoms. The molecule has 0 saturated heterocycles. The fourth-order valence-electron chi connectivity index (χ4n) is 3.56. The molecule has 0 aliphatic rings. The quantitative estimate of drug-likeness (QED) is 0.230. The molecule has 0 bridgehead atoms. The highest BCUT2D eigenvalue weighted by molar-refractivity contribution is 9.10. The van der Waals surface area contributed by atoms with Gasteiger partial charge in [0, 0.05) is 16.6 Å². The minimum absolute atomic E-state index is 0.0238. The third kappa shape index (κ3) is 4.02. The number of hydrogen-bond donors (Lipinski definition) is 0. The second-order valence-corrected chi connectivity index (χ2v) is 9.23. The van der Waals surface area contributed by atoms with E-state index in [4.69, 9.17) is 9.47 Å². The Morgan fingerprint density at radius 1 is 1.15 bits per heavy atom. The summed E-state index contributed by atoms with van der Waals surface area (Å²) in [5.41, 5.74) is 3.00. The molecule has 0 spiro atoms. The van der Waals surface area contributed by atoms with Gasteiger partial charge in [0.25, 0.3) is 11.2 Å². The minimum Gasteiger partial charge on any atom is -0.493 e. The Balaban J connectivity index is 1.46. The normalized spacial score (nSPS) is 11.9. The molecule has 2 heterocycles. The zero-order chi connectivity index (χ0) is 23.8. The molecule has 0 aliphatic carbocycles. The average molecular weight is 538 g/mol. The number of para-hydroxylation sites is 2. The van der Waals surface area contributed by atoms with Gasteiger partial charge in [0.1, 0.15) is 6.61 Å². The van der Waals surface area contributed by atoms with Gasteiger partial charge >= 0.3 is 0 Å². The SMILES string of the molecule is COc1cc(C=c2sc3nc4ccccc4n3c2=O)c(Br)cc1OCc1ccc([N+](=O)[O-])cc1. The molecule has 8 nitrogen and oxygen atoms in total. The highest BCUT2D eigenvalue weighted by atomic mass is 79.9. The van der Waals surface area contributed by atoms with Gasteiger partial charge in [-0.15, -0.1) is 0 Å². The van der Waals surface area contributed by atoms with Crippen LogP contribution in [0.15, 0.2) is 69.9 Å². The van der Waals surface area contributed by atoms with Crippen molar-refractivity contribution >= 4 is 55.0 Å². The van der Waals surface area contributed by atoms with Crippen LogP contribution in [0, 0.1) is 10.1 Å². The number of benzene rings is 3. The number of aromatic nitrogens is 2. The Bertz CT molecular complexity index is 1660. The molecule has 3 aromatic carbocycles. The van der Waals surface area contributed by atoms with E-state index in [1.165, 1.54) is 30.6 Å². The number of halogens is 1. The third-order valence-electron chi connectivity index (χ3n) is 5.26. The lowest BCUT2D eigenvalue weighted by Crippen LogP contribution is -2.22. The van der Waals surface area contributed by atoms with E-state index < -0.39 is 4.92 Å². The molecule has 0 unspecified atom stereocenters. The average Bonchev–Trinajstić information content (AvgIpc) is 3.35. The number of ether oxygens (including phenoxy) is 2. The first-order valence-corrected chi connectivity index (χ1v) is 11.7. The monoisotopic (exact) mass is 537 g/mol. The van der Waals surface area contributed by atoms with Crippen LogP contribution in [-0.4, -0.2) is 21.4 Å². The zero-order valence-electron chi connectivity index (χ0n) is 17.7. The number of hydrogen-bond acceptors (Lipinski definition) is 7. The standard InChI is InChI=1S/C24H16BrN3O5S/c1-32-20-10-15(11-22-23(29)27-19-5-3-2-4-18(19)26-24(27)34-22)17(25)12-21(20)33-13-14-6-8-16(9-7-14)28(30)31/h2-12H,13H2,1H3. The van der Waals surface area contributed by atoms with Crippen molar-refractivity contribution in [2.75, 3.05) is 7.11 Å². The van der Waals surface area contributed by atoms with Crippen LogP contribution >= 0.6 is 27.3 Å². The summed E-state index contributed by atoms with van der Waals surface area (Å²) >= 11 is 4.88. The van der Waals surface area contributed by atoms with E-state index in [9.17, 15) is 14.9 Å². The molecule has 0 fully saturated rings. The largest absolute Gasteiger partial charge is 0.493 e.